The molecule has 1 aromatic heterocycles. The molecule has 0 saturated heterocycles. The zero-order valence-corrected chi connectivity index (χ0v) is 18.3. The van der Waals surface area contributed by atoms with Gasteiger partial charge < -0.3 is 24.9 Å². The number of amides is 1. The highest BCUT2D eigenvalue weighted by molar-refractivity contribution is 5.96. The summed E-state index contributed by atoms with van der Waals surface area (Å²) in [5.41, 5.74) is -2.05. The van der Waals surface area contributed by atoms with Crippen LogP contribution in [0.2, 0.25) is 0 Å². The summed E-state index contributed by atoms with van der Waals surface area (Å²) in [7, 11) is 0. The number of aliphatic hydroxyl groups is 1. The van der Waals surface area contributed by atoms with Crippen LogP contribution in [0.25, 0.3) is 0 Å². The summed E-state index contributed by atoms with van der Waals surface area (Å²) in [6, 6.07) is 12.8. The van der Waals surface area contributed by atoms with Crippen LogP contribution in [0.4, 0.5) is 0 Å². The van der Waals surface area contributed by atoms with E-state index in [1.54, 1.807) is 49.4 Å². The quantitative estimate of drug-likeness (QED) is 0.436. The van der Waals surface area contributed by atoms with E-state index in [0.717, 1.165) is 11.6 Å². The SMILES string of the molecule is Cc1ccccc1C1(O)Oc2cc(C(C)C)ccc2C1(C=O)NC(=O)c1cc(=O)[nH]c(=O)[nH]1. The molecule has 9 nitrogen and oxygen atoms in total. The fourth-order valence-corrected chi connectivity index (χ4v) is 4.11. The van der Waals surface area contributed by atoms with Gasteiger partial charge in [0.15, 0.2) is 11.8 Å². The second-order valence-corrected chi connectivity index (χ2v) is 8.35. The molecule has 1 aliphatic rings. The minimum absolute atomic E-state index is 0.146. The van der Waals surface area contributed by atoms with Gasteiger partial charge in [-0.2, -0.15) is 0 Å². The Morgan fingerprint density at radius 1 is 1.09 bits per heavy atom. The first kappa shape index (κ1) is 22.2. The molecule has 0 fully saturated rings. The zero-order valence-electron chi connectivity index (χ0n) is 18.3. The number of ether oxygens (including phenoxy) is 1. The Morgan fingerprint density at radius 3 is 2.45 bits per heavy atom. The highest BCUT2D eigenvalue weighted by Crippen LogP contribution is 2.52. The molecule has 2 atom stereocenters. The standard InChI is InChI=1S/C24H23N3O6/c1-13(2)15-8-9-17-19(10-15)33-24(32,16-7-5-4-6-14(16)3)23(17,12-28)27-21(30)18-11-20(29)26-22(31)25-18/h4-13,32H,1-3H3,(H,27,30)(H2,25,26,29,31). The molecule has 170 valence electrons. The lowest BCUT2D eigenvalue weighted by molar-refractivity contribution is -0.187. The molecule has 3 aromatic rings. The Bertz CT molecular complexity index is 1350. The number of rotatable bonds is 5. The second kappa shape index (κ2) is 7.86. The van der Waals surface area contributed by atoms with Crippen molar-refractivity contribution in [3.05, 3.63) is 97.3 Å². The van der Waals surface area contributed by atoms with Gasteiger partial charge in [0.2, 0.25) is 0 Å². The van der Waals surface area contributed by atoms with E-state index in [4.69, 9.17) is 4.74 Å². The van der Waals surface area contributed by atoms with Gasteiger partial charge in [-0.3, -0.25) is 14.6 Å². The lowest BCUT2D eigenvalue weighted by Gasteiger charge is -2.38. The van der Waals surface area contributed by atoms with Crippen molar-refractivity contribution in [1.29, 1.82) is 0 Å². The smallest absolute Gasteiger partial charge is 0.326 e. The van der Waals surface area contributed by atoms with E-state index >= 15 is 0 Å². The van der Waals surface area contributed by atoms with Gasteiger partial charge in [-0.15, -0.1) is 0 Å². The van der Waals surface area contributed by atoms with E-state index in [9.17, 15) is 24.3 Å². The average molecular weight is 449 g/mol. The van der Waals surface area contributed by atoms with Crippen LogP contribution in [-0.4, -0.2) is 27.3 Å². The molecule has 0 saturated carbocycles. The third kappa shape index (κ3) is 3.46. The lowest BCUT2D eigenvalue weighted by Crippen LogP contribution is -2.61. The van der Waals surface area contributed by atoms with Crippen LogP contribution in [0, 0.1) is 6.92 Å². The maximum atomic E-state index is 13.1. The topological polar surface area (TPSA) is 141 Å². The maximum Gasteiger partial charge on any atom is 0.326 e. The number of carbonyl (C=O) groups is 2. The minimum Gasteiger partial charge on any atom is -0.454 e. The van der Waals surface area contributed by atoms with E-state index in [2.05, 4.69) is 10.3 Å². The maximum absolute atomic E-state index is 13.1. The summed E-state index contributed by atoms with van der Waals surface area (Å²) in [5, 5.41) is 14.4. The van der Waals surface area contributed by atoms with Crippen molar-refractivity contribution < 1.29 is 19.4 Å². The Balaban J connectivity index is 1.94. The van der Waals surface area contributed by atoms with E-state index in [-0.39, 0.29) is 28.5 Å². The van der Waals surface area contributed by atoms with Crippen LogP contribution in [0.15, 0.2) is 58.1 Å². The second-order valence-electron chi connectivity index (χ2n) is 8.35. The van der Waals surface area contributed by atoms with Gasteiger partial charge in [-0.1, -0.05) is 50.2 Å². The van der Waals surface area contributed by atoms with E-state index in [0.29, 0.717) is 11.8 Å². The molecule has 0 radical (unpaired) electrons. The molecule has 4 rings (SSSR count). The summed E-state index contributed by atoms with van der Waals surface area (Å²) in [5.74, 6) is -2.86. The molecule has 0 spiro atoms. The summed E-state index contributed by atoms with van der Waals surface area (Å²) < 4.78 is 6.01. The fourth-order valence-electron chi connectivity index (χ4n) is 4.11. The Hall–Kier alpha value is -3.98. The number of benzene rings is 2. The molecule has 4 N–H and O–H groups in total. The van der Waals surface area contributed by atoms with Crippen LogP contribution in [0.3, 0.4) is 0 Å². The summed E-state index contributed by atoms with van der Waals surface area (Å²) in [6.07, 6.45) is 0.406. The van der Waals surface area contributed by atoms with Gasteiger partial charge >= 0.3 is 5.69 Å². The van der Waals surface area contributed by atoms with Crippen molar-refractivity contribution in [1.82, 2.24) is 15.3 Å². The third-order valence-corrected chi connectivity index (χ3v) is 5.89. The van der Waals surface area contributed by atoms with Crippen molar-refractivity contribution in [2.75, 3.05) is 0 Å². The number of H-pyrrole nitrogens is 2. The summed E-state index contributed by atoms with van der Waals surface area (Å²) in [4.78, 5) is 53.4. The zero-order chi connectivity index (χ0) is 24.0. The van der Waals surface area contributed by atoms with Gasteiger partial charge in [-0.25, -0.2) is 4.79 Å². The monoisotopic (exact) mass is 449 g/mol. The van der Waals surface area contributed by atoms with Crippen molar-refractivity contribution >= 4 is 12.2 Å². The number of carbonyl (C=O) groups excluding carboxylic acids is 2. The summed E-state index contributed by atoms with van der Waals surface area (Å²) >= 11 is 0. The third-order valence-electron chi connectivity index (χ3n) is 5.89. The van der Waals surface area contributed by atoms with E-state index in [1.165, 1.54) is 0 Å². The molecule has 0 aliphatic carbocycles. The van der Waals surface area contributed by atoms with Gasteiger partial charge in [0.05, 0.1) is 0 Å². The fraction of sp³-hybridized carbons (Fsp3) is 0.250. The van der Waals surface area contributed by atoms with Crippen LogP contribution in [0.1, 0.15) is 52.5 Å². The van der Waals surface area contributed by atoms with Gasteiger partial charge in [0.25, 0.3) is 17.3 Å². The number of hydrogen-bond donors (Lipinski definition) is 4. The molecule has 1 aliphatic heterocycles. The Morgan fingerprint density at radius 2 is 1.82 bits per heavy atom. The summed E-state index contributed by atoms with van der Waals surface area (Å²) in [6.45, 7) is 5.72. The minimum atomic E-state index is -2.30. The number of hydrogen-bond acceptors (Lipinski definition) is 6. The molecule has 2 heterocycles. The molecule has 2 aromatic carbocycles. The highest BCUT2D eigenvalue weighted by atomic mass is 16.6. The molecular formula is C24H23N3O6. The van der Waals surface area contributed by atoms with Crippen LogP contribution < -0.4 is 21.3 Å². The van der Waals surface area contributed by atoms with Gasteiger partial charge in [-0.05, 0) is 30.0 Å². The first-order chi connectivity index (χ1) is 15.6. The Labute approximate surface area is 188 Å². The van der Waals surface area contributed by atoms with Gasteiger partial charge in [0, 0.05) is 17.2 Å². The molecular weight excluding hydrogens is 426 g/mol. The first-order valence-corrected chi connectivity index (χ1v) is 10.4. The number of aromatic amines is 2. The largest absolute Gasteiger partial charge is 0.454 e. The van der Waals surface area contributed by atoms with Crippen molar-refractivity contribution in [3.8, 4) is 5.75 Å². The first-order valence-electron chi connectivity index (χ1n) is 10.4. The molecule has 0 bridgehead atoms. The Kier molecular flexibility index (Phi) is 5.29. The van der Waals surface area contributed by atoms with Crippen LogP contribution in [0.5, 0.6) is 5.75 Å². The predicted molar refractivity (Wildman–Crippen MR) is 119 cm³/mol. The van der Waals surface area contributed by atoms with Crippen molar-refractivity contribution in [3.63, 3.8) is 0 Å². The van der Waals surface area contributed by atoms with Crippen LogP contribution >= 0.6 is 0 Å². The van der Waals surface area contributed by atoms with Crippen molar-refractivity contribution in [2.45, 2.75) is 38.0 Å². The molecule has 2 unspecified atom stereocenters. The predicted octanol–water partition coefficient (Wildman–Crippen LogP) is 1.56. The number of aldehydes is 1. The van der Waals surface area contributed by atoms with Gasteiger partial charge in [0.1, 0.15) is 11.4 Å². The van der Waals surface area contributed by atoms with E-state index < -0.39 is 28.5 Å². The molecule has 1 amide bonds. The highest BCUT2D eigenvalue weighted by Gasteiger charge is 2.63. The molecule has 9 heteroatoms. The van der Waals surface area contributed by atoms with E-state index in [1.807, 2.05) is 18.8 Å². The van der Waals surface area contributed by atoms with Crippen molar-refractivity contribution in [2.24, 2.45) is 0 Å². The normalized spacial score (nSPS) is 21.4. The molecule has 33 heavy (non-hydrogen) atoms. The average Bonchev–Trinajstić information content (AvgIpc) is 3.01. The number of nitrogens with one attached hydrogen (secondary N) is 3. The lowest BCUT2D eigenvalue weighted by atomic mass is 9.79. The van der Waals surface area contributed by atoms with Crippen LogP contribution in [-0.2, 0) is 16.1 Å². The number of fused-ring (bicyclic) bond motifs is 1. The number of aryl methyl sites for hydroxylation is 1. The number of aromatic nitrogens is 2.